The van der Waals surface area contributed by atoms with Gasteiger partial charge in [0.05, 0.1) is 0 Å². The first-order valence-electron chi connectivity index (χ1n) is 7.97. The lowest BCUT2D eigenvalue weighted by atomic mass is 9.86. The van der Waals surface area contributed by atoms with Crippen LogP contribution in [-0.4, -0.2) is 26.8 Å². The molecule has 0 amide bonds. The Morgan fingerprint density at radius 1 is 1.14 bits per heavy atom. The van der Waals surface area contributed by atoms with Crippen LogP contribution in [0.2, 0.25) is 0 Å². The lowest BCUT2D eigenvalue weighted by Crippen LogP contribution is -2.31. The van der Waals surface area contributed by atoms with Crippen LogP contribution in [0, 0.1) is 17.8 Å². The summed E-state index contributed by atoms with van der Waals surface area (Å²) in [5.41, 5.74) is 1.40. The third kappa shape index (κ3) is 7.44. The molecule has 1 aromatic carbocycles. The molecule has 0 spiro atoms. The Morgan fingerprint density at radius 2 is 1.86 bits per heavy atom. The van der Waals surface area contributed by atoms with Crippen LogP contribution in [0.15, 0.2) is 28.7 Å². The van der Waals surface area contributed by atoms with E-state index in [9.17, 15) is 0 Å². The first kappa shape index (κ1) is 18.7. The minimum absolute atomic E-state index is 0.637. The molecule has 1 rings (SSSR count). The summed E-state index contributed by atoms with van der Waals surface area (Å²) in [5.74, 6) is 1.98. The standard InChI is InChI=1S/C18H30BrNO/c1-14(2)12-20-13-17(15(3)9-10-21-4)11-16-7-5-6-8-18(16)19/h5-8,14-15,17,20H,9-13H2,1-4H3. The Kier molecular flexibility index (Phi) is 9.21. The van der Waals surface area contributed by atoms with E-state index in [0.29, 0.717) is 17.8 Å². The molecule has 0 aliphatic rings. The van der Waals surface area contributed by atoms with E-state index in [-0.39, 0.29) is 0 Å². The zero-order chi connectivity index (χ0) is 15.7. The lowest BCUT2D eigenvalue weighted by Gasteiger charge is -2.25. The van der Waals surface area contributed by atoms with E-state index in [4.69, 9.17) is 4.74 Å². The van der Waals surface area contributed by atoms with Gasteiger partial charge in [0.15, 0.2) is 0 Å². The van der Waals surface area contributed by atoms with Crippen molar-refractivity contribution in [3.63, 3.8) is 0 Å². The van der Waals surface area contributed by atoms with Crippen LogP contribution in [0.25, 0.3) is 0 Å². The predicted octanol–water partition coefficient (Wildman–Crippen LogP) is 4.53. The maximum atomic E-state index is 5.25. The van der Waals surface area contributed by atoms with Gasteiger partial charge in [0.25, 0.3) is 0 Å². The van der Waals surface area contributed by atoms with Gasteiger partial charge in [-0.25, -0.2) is 0 Å². The molecule has 21 heavy (non-hydrogen) atoms. The van der Waals surface area contributed by atoms with Crippen LogP contribution in [0.1, 0.15) is 32.8 Å². The van der Waals surface area contributed by atoms with Gasteiger partial charge in [0.2, 0.25) is 0 Å². The zero-order valence-corrected chi connectivity index (χ0v) is 15.4. The molecule has 2 atom stereocenters. The predicted molar refractivity (Wildman–Crippen MR) is 94.7 cm³/mol. The molecule has 1 aromatic rings. The van der Waals surface area contributed by atoms with Crippen molar-refractivity contribution in [1.82, 2.24) is 5.32 Å². The highest BCUT2D eigenvalue weighted by atomic mass is 79.9. The monoisotopic (exact) mass is 355 g/mol. The van der Waals surface area contributed by atoms with Crippen molar-refractivity contribution in [1.29, 1.82) is 0 Å². The van der Waals surface area contributed by atoms with Crippen molar-refractivity contribution in [2.24, 2.45) is 17.8 Å². The Bertz CT molecular complexity index is 395. The van der Waals surface area contributed by atoms with Gasteiger partial charge in [-0.3, -0.25) is 0 Å². The number of hydrogen-bond acceptors (Lipinski definition) is 2. The molecule has 0 radical (unpaired) electrons. The van der Waals surface area contributed by atoms with E-state index in [2.05, 4.69) is 66.3 Å². The normalized spacial score (nSPS) is 14.4. The smallest absolute Gasteiger partial charge is 0.0464 e. The van der Waals surface area contributed by atoms with Crippen molar-refractivity contribution in [3.05, 3.63) is 34.3 Å². The van der Waals surface area contributed by atoms with Gasteiger partial charge in [-0.1, -0.05) is 54.9 Å². The molecule has 2 nitrogen and oxygen atoms in total. The zero-order valence-electron chi connectivity index (χ0n) is 13.9. The summed E-state index contributed by atoms with van der Waals surface area (Å²) in [6, 6.07) is 8.56. The molecular weight excluding hydrogens is 326 g/mol. The number of hydrogen-bond donors (Lipinski definition) is 1. The van der Waals surface area contributed by atoms with Crippen LogP contribution >= 0.6 is 15.9 Å². The van der Waals surface area contributed by atoms with Gasteiger partial charge < -0.3 is 10.1 Å². The second-order valence-electron chi connectivity index (χ2n) is 6.37. The van der Waals surface area contributed by atoms with E-state index in [1.807, 2.05) is 0 Å². The van der Waals surface area contributed by atoms with E-state index in [1.165, 1.54) is 10.0 Å². The van der Waals surface area contributed by atoms with Crippen LogP contribution in [0.5, 0.6) is 0 Å². The SMILES string of the molecule is COCCC(C)C(CNCC(C)C)Cc1ccccc1Br. The molecule has 3 heteroatoms. The molecule has 1 N–H and O–H groups in total. The Morgan fingerprint density at radius 3 is 2.48 bits per heavy atom. The van der Waals surface area contributed by atoms with Gasteiger partial charge in [0.1, 0.15) is 0 Å². The number of halogens is 1. The second kappa shape index (κ2) is 10.4. The Labute approximate surface area is 138 Å². The van der Waals surface area contributed by atoms with Crippen LogP contribution in [0.4, 0.5) is 0 Å². The van der Waals surface area contributed by atoms with E-state index in [1.54, 1.807) is 7.11 Å². The first-order chi connectivity index (χ1) is 10.0. The van der Waals surface area contributed by atoms with Gasteiger partial charge in [-0.15, -0.1) is 0 Å². The molecule has 2 unspecified atom stereocenters. The van der Waals surface area contributed by atoms with Crippen LogP contribution in [0.3, 0.4) is 0 Å². The molecule has 0 heterocycles. The molecule has 0 aliphatic heterocycles. The molecule has 0 fully saturated rings. The highest BCUT2D eigenvalue weighted by Crippen LogP contribution is 2.24. The molecule has 0 aromatic heterocycles. The fourth-order valence-corrected chi connectivity index (χ4v) is 2.96. The van der Waals surface area contributed by atoms with Crippen LogP contribution in [-0.2, 0) is 11.2 Å². The van der Waals surface area contributed by atoms with E-state index >= 15 is 0 Å². The number of rotatable bonds is 10. The van der Waals surface area contributed by atoms with Gasteiger partial charge in [-0.05, 0) is 55.3 Å². The fraction of sp³-hybridized carbons (Fsp3) is 0.667. The summed E-state index contributed by atoms with van der Waals surface area (Å²) >= 11 is 3.67. The first-order valence-corrected chi connectivity index (χ1v) is 8.77. The maximum absolute atomic E-state index is 5.25. The summed E-state index contributed by atoms with van der Waals surface area (Å²) in [5, 5.41) is 3.63. The summed E-state index contributed by atoms with van der Waals surface area (Å²) in [4.78, 5) is 0. The highest BCUT2D eigenvalue weighted by Gasteiger charge is 2.18. The van der Waals surface area contributed by atoms with Crippen molar-refractivity contribution in [2.45, 2.75) is 33.6 Å². The third-order valence-electron chi connectivity index (χ3n) is 3.98. The molecule has 120 valence electrons. The van der Waals surface area contributed by atoms with Gasteiger partial charge >= 0.3 is 0 Å². The van der Waals surface area contributed by atoms with Crippen molar-refractivity contribution >= 4 is 15.9 Å². The highest BCUT2D eigenvalue weighted by molar-refractivity contribution is 9.10. The van der Waals surface area contributed by atoms with Crippen LogP contribution < -0.4 is 5.32 Å². The molecule has 0 saturated carbocycles. The topological polar surface area (TPSA) is 21.3 Å². The summed E-state index contributed by atoms with van der Waals surface area (Å²) in [7, 11) is 1.78. The van der Waals surface area contributed by atoms with Gasteiger partial charge in [0, 0.05) is 18.2 Å². The summed E-state index contributed by atoms with van der Waals surface area (Å²) < 4.78 is 6.47. The minimum Gasteiger partial charge on any atom is -0.385 e. The third-order valence-corrected chi connectivity index (χ3v) is 4.75. The number of nitrogens with one attached hydrogen (secondary N) is 1. The van der Waals surface area contributed by atoms with E-state index < -0.39 is 0 Å². The second-order valence-corrected chi connectivity index (χ2v) is 7.22. The molecular formula is C18H30BrNO. The fourth-order valence-electron chi connectivity index (χ4n) is 2.52. The van der Waals surface area contributed by atoms with Crippen molar-refractivity contribution < 1.29 is 4.74 Å². The quantitative estimate of drug-likeness (QED) is 0.665. The number of benzene rings is 1. The molecule has 0 aliphatic carbocycles. The van der Waals surface area contributed by atoms with E-state index in [0.717, 1.165) is 32.5 Å². The largest absolute Gasteiger partial charge is 0.385 e. The molecule has 0 bridgehead atoms. The maximum Gasteiger partial charge on any atom is 0.0464 e. The Hall–Kier alpha value is -0.380. The van der Waals surface area contributed by atoms with Gasteiger partial charge in [-0.2, -0.15) is 0 Å². The Balaban J connectivity index is 2.64. The average Bonchev–Trinajstić information content (AvgIpc) is 2.45. The number of methoxy groups -OCH3 is 1. The summed E-state index contributed by atoms with van der Waals surface area (Å²) in [6.45, 7) is 9.86. The minimum atomic E-state index is 0.637. The van der Waals surface area contributed by atoms with Crippen molar-refractivity contribution in [2.75, 3.05) is 26.8 Å². The molecule has 0 saturated heterocycles. The average molecular weight is 356 g/mol. The number of ether oxygens (including phenoxy) is 1. The summed E-state index contributed by atoms with van der Waals surface area (Å²) in [6.07, 6.45) is 2.23. The van der Waals surface area contributed by atoms with Crippen molar-refractivity contribution in [3.8, 4) is 0 Å². The lowest BCUT2D eigenvalue weighted by molar-refractivity contribution is 0.163.